The molecule has 0 amide bonds. The molecule has 7 heteroatoms. The molecule has 0 unspecified atom stereocenters. The predicted octanol–water partition coefficient (Wildman–Crippen LogP) is 5.12. The lowest BCUT2D eigenvalue weighted by molar-refractivity contribution is 0.162. The van der Waals surface area contributed by atoms with Crippen LogP contribution in [0, 0.1) is 0 Å². The molecule has 2 aromatic heterocycles. The van der Waals surface area contributed by atoms with Crippen molar-refractivity contribution in [1.82, 2.24) is 25.1 Å². The van der Waals surface area contributed by atoms with E-state index in [0.29, 0.717) is 10.8 Å². The van der Waals surface area contributed by atoms with E-state index in [9.17, 15) is 0 Å². The van der Waals surface area contributed by atoms with Crippen LogP contribution < -0.4 is 5.32 Å². The Kier molecular flexibility index (Phi) is 5.88. The molecule has 1 fully saturated rings. The maximum atomic E-state index is 6.26. The first kappa shape index (κ1) is 20.7. The molecule has 0 aliphatic carbocycles. The van der Waals surface area contributed by atoms with Crippen LogP contribution in [0.15, 0.2) is 79.1 Å². The molecule has 0 spiro atoms. The lowest BCUT2D eigenvalue weighted by Crippen LogP contribution is -2.47. The number of nitrogens with zero attached hydrogens (tertiary/aromatic N) is 4. The van der Waals surface area contributed by atoms with E-state index in [0.717, 1.165) is 49.6 Å². The quantitative estimate of drug-likeness (QED) is 0.431. The molecular weight excluding hydrogens is 420 g/mol. The normalized spacial score (nSPS) is 16.0. The van der Waals surface area contributed by atoms with Gasteiger partial charge in [0.15, 0.2) is 11.6 Å². The average Bonchev–Trinajstić information content (AvgIpc) is 3.33. The lowest BCUT2D eigenvalue weighted by Gasteiger charge is -2.41. The number of aromatic nitrogens is 4. The highest BCUT2D eigenvalue weighted by atomic mass is 35.5. The number of halogens is 1. The molecule has 2 N–H and O–H groups in total. The van der Waals surface area contributed by atoms with Crippen LogP contribution in [0.1, 0.15) is 24.2 Å². The van der Waals surface area contributed by atoms with Crippen molar-refractivity contribution in [1.29, 1.82) is 0 Å². The minimum absolute atomic E-state index is 0.351. The third-order valence-electron chi connectivity index (χ3n) is 6.04. The van der Waals surface area contributed by atoms with Gasteiger partial charge in [0.1, 0.15) is 0 Å². The number of piperidine rings is 1. The highest BCUT2D eigenvalue weighted by Gasteiger charge is 2.39. The lowest BCUT2D eigenvalue weighted by atomic mass is 9.86. The number of rotatable bonds is 6. The van der Waals surface area contributed by atoms with Gasteiger partial charge in [-0.2, -0.15) is 5.10 Å². The number of pyridine rings is 1. The van der Waals surface area contributed by atoms with Gasteiger partial charge in [0.05, 0.1) is 5.54 Å². The van der Waals surface area contributed by atoms with Crippen molar-refractivity contribution in [3.8, 4) is 11.4 Å². The highest BCUT2D eigenvalue weighted by Crippen LogP contribution is 2.36. The Morgan fingerprint density at radius 3 is 2.50 bits per heavy atom. The number of hydrogen-bond donors (Lipinski definition) is 2. The molecule has 2 aromatic carbocycles. The summed E-state index contributed by atoms with van der Waals surface area (Å²) in [7, 11) is 0. The van der Waals surface area contributed by atoms with E-state index in [1.165, 1.54) is 5.56 Å². The van der Waals surface area contributed by atoms with Crippen LogP contribution in [-0.2, 0) is 12.1 Å². The van der Waals surface area contributed by atoms with Gasteiger partial charge >= 0.3 is 0 Å². The second-order valence-corrected chi connectivity index (χ2v) is 8.66. The fourth-order valence-corrected chi connectivity index (χ4v) is 4.49. The Bertz CT molecular complexity index is 1150. The molecule has 4 aromatic rings. The van der Waals surface area contributed by atoms with Crippen LogP contribution >= 0.6 is 11.6 Å². The van der Waals surface area contributed by atoms with E-state index in [2.05, 4.69) is 55.7 Å². The summed E-state index contributed by atoms with van der Waals surface area (Å²) in [5.41, 5.74) is 2.91. The molecule has 0 saturated carbocycles. The second-order valence-electron chi connectivity index (χ2n) is 8.22. The summed E-state index contributed by atoms with van der Waals surface area (Å²) in [6.07, 6.45) is 5.31. The van der Waals surface area contributed by atoms with Crippen LogP contribution in [0.5, 0.6) is 0 Å². The first-order chi connectivity index (χ1) is 15.7. The number of nitrogens with one attached hydrogen (secondary N) is 2. The van der Waals surface area contributed by atoms with Gasteiger partial charge in [-0.3, -0.25) is 15.0 Å². The van der Waals surface area contributed by atoms with E-state index in [-0.39, 0.29) is 5.54 Å². The highest BCUT2D eigenvalue weighted by molar-refractivity contribution is 6.30. The standard InChI is InChI=1S/C25H25ClN6/c26-21-7-4-8-22(17-21)29-25(24-28-23(30-31-24)20-9-13-27-14-10-20)11-15-32(16-12-25)18-19-5-2-1-3-6-19/h1-10,13-14,17,29H,11-12,15-16,18H2,(H,28,30,31). The summed E-state index contributed by atoms with van der Waals surface area (Å²) in [4.78, 5) is 11.5. The summed E-state index contributed by atoms with van der Waals surface area (Å²) < 4.78 is 0. The van der Waals surface area contributed by atoms with Gasteiger partial charge in [0.2, 0.25) is 0 Å². The predicted molar refractivity (Wildman–Crippen MR) is 127 cm³/mol. The number of anilines is 1. The van der Waals surface area contributed by atoms with Gasteiger partial charge in [0, 0.05) is 48.3 Å². The van der Waals surface area contributed by atoms with Gasteiger partial charge in [-0.15, -0.1) is 0 Å². The van der Waals surface area contributed by atoms with Crippen LogP contribution in [0.2, 0.25) is 5.02 Å². The Hall–Kier alpha value is -3.22. The number of hydrogen-bond acceptors (Lipinski definition) is 5. The van der Waals surface area contributed by atoms with E-state index in [1.807, 2.05) is 36.4 Å². The fraction of sp³-hybridized carbons (Fsp3) is 0.240. The molecule has 1 aliphatic rings. The molecule has 3 heterocycles. The maximum absolute atomic E-state index is 6.26. The zero-order valence-electron chi connectivity index (χ0n) is 17.7. The maximum Gasteiger partial charge on any atom is 0.181 e. The van der Waals surface area contributed by atoms with Crippen molar-refractivity contribution in [2.45, 2.75) is 24.9 Å². The van der Waals surface area contributed by atoms with Crippen LogP contribution in [-0.4, -0.2) is 38.2 Å². The van der Waals surface area contributed by atoms with E-state index in [4.69, 9.17) is 16.6 Å². The molecule has 32 heavy (non-hydrogen) atoms. The third-order valence-corrected chi connectivity index (χ3v) is 6.28. The summed E-state index contributed by atoms with van der Waals surface area (Å²) >= 11 is 6.26. The average molecular weight is 445 g/mol. The minimum Gasteiger partial charge on any atom is -0.373 e. The Balaban J connectivity index is 1.41. The molecular formula is C25H25ClN6. The van der Waals surface area contributed by atoms with E-state index in [1.54, 1.807) is 12.4 Å². The van der Waals surface area contributed by atoms with E-state index >= 15 is 0 Å². The SMILES string of the molecule is Clc1cccc(NC2(c3nc(-c4ccncc4)n[nH]3)CCN(Cc3ccccc3)CC2)c1. The Morgan fingerprint density at radius 2 is 1.75 bits per heavy atom. The zero-order valence-corrected chi connectivity index (χ0v) is 18.5. The first-order valence-electron chi connectivity index (χ1n) is 10.8. The first-order valence-corrected chi connectivity index (χ1v) is 11.2. The molecule has 0 radical (unpaired) electrons. The Morgan fingerprint density at radius 1 is 0.969 bits per heavy atom. The Labute approximate surface area is 192 Å². The third kappa shape index (κ3) is 4.52. The van der Waals surface area contributed by atoms with Crippen molar-refractivity contribution in [2.24, 2.45) is 0 Å². The fourth-order valence-electron chi connectivity index (χ4n) is 4.30. The van der Waals surface area contributed by atoms with Crippen molar-refractivity contribution < 1.29 is 0 Å². The van der Waals surface area contributed by atoms with Crippen molar-refractivity contribution in [3.05, 3.63) is 95.5 Å². The monoisotopic (exact) mass is 444 g/mol. The molecule has 1 aliphatic heterocycles. The summed E-state index contributed by atoms with van der Waals surface area (Å²) in [6, 6.07) is 22.3. The molecule has 162 valence electrons. The molecule has 1 saturated heterocycles. The van der Waals surface area contributed by atoms with Gasteiger partial charge in [-0.1, -0.05) is 48.0 Å². The van der Waals surface area contributed by atoms with Gasteiger partial charge in [0.25, 0.3) is 0 Å². The number of aromatic amines is 1. The smallest absolute Gasteiger partial charge is 0.181 e. The van der Waals surface area contributed by atoms with Crippen molar-refractivity contribution >= 4 is 17.3 Å². The van der Waals surface area contributed by atoms with Crippen LogP contribution in [0.4, 0.5) is 5.69 Å². The number of likely N-dealkylation sites (tertiary alicyclic amines) is 1. The zero-order chi connectivity index (χ0) is 21.8. The minimum atomic E-state index is -0.351. The second kappa shape index (κ2) is 9.10. The largest absolute Gasteiger partial charge is 0.373 e. The summed E-state index contributed by atoms with van der Waals surface area (Å²) in [5.74, 6) is 1.53. The van der Waals surface area contributed by atoms with Crippen LogP contribution in [0.25, 0.3) is 11.4 Å². The molecule has 0 bridgehead atoms. The van der Waals surface area contributed by atoms with Crippen LogP contribution in [0.3, 0.4) is 0 Å². The number of H-pyrrole nitrogens is 1. The number of benzene rings is 2. The summed E-state index contributed by atoms with van der Waals surface area (Å²) in [5, 5.41) is 12.2. The van der Waals surface area contributed by atoms with Crippen molar-refractivity contribution in [2.75, 3.05) is 18.4 Å². The topological polar surface area (TPSA) is 69.7 Å². The summed E-state index contributed by atoms with van der Waals surface area (Å²) in [6.45, 7) is 2.86. The van der Waals surface area contributed by atoms with Gasteiger partial charge < -0.3 is 5.32 Å². The van der Waals surface area contributed by atoms with Gasteiger partial charge in [-0.05, 0) is 48.7 Å². The van der Waals surface area contributed by atoms with E-state index < -0.39 is 0 Å². The molecule has 5 rings (SSSR count). The van der Waals surface area contributed by atoms with Crippen molar-refractivity contribution in [3.63, 3.8) is 0 Å². The van der Waals surface area contributed by atoms with Gasteiger partial charge in [-0.25, -0.2) is 4.98 Å². The molecule has 6 nitrogen and oxygen atoms in total. The molecule has 0 atom stereocenters.